The number of nitrogens with zero attached hydrogens (tertiary/aromatic N) is 1. The second kappa shape index (κ2) is 9.47. The zero-order valence-corrected chi connectivity index (χ0v) is 12.4. The predicted molar refractivity (Wildman–Crippen MR) is 77.4 cm³/mol. The maximum absolute atomic E-state index is 10.9. The van der Waals surface area contributed by atoms with Crippen LogP contribution in [0.2, 0.25) is 0 Å². The lowest BCUT2D eigenvalue weighted by atomic mass is 10.1. The monoisotopic (exact) mass is 281 g/mol. The molecule has 0 fully saturated rings. The molecule has 1 rings (SSSR count). The van der Waals surface area contributed by atoms with Gasteiger partial charge in [-0.1, -0.05) is 0 Å². The van der Waals surface area contributed by atoms with E-state index >= 15 is 0 Å². The zero-order valence-electron chi connectivity index (χ0n) is 12.4. The van der Waals surface area contributed by atoms with Crippen LogP contribution in [0, 0.1) is 0 Å². The summed E-state index contributed by atoms with van der Waals surface area (Å²) in [5, 5.41) is 0. The first kappa shape index (κ1) is 16.6. The normalized spacial score (nSPS) is 10.8. The highest BCUT2D eigenvalue weighted by atomic mass is 16.5. The number of aldehydes is 1. The Hall–Kier alpha value is -1.43. The number of benzene rings is 1. The van der Waals surface area contributed by atoms with Gasteiger partial charge in [0, 0.05) is 45.0 Å². The Labute approximate surface area is 120 Å². The average Bonchev–Trinajstić information content (AvgIpc) is 2.49. The fourth-order valence-electron chi connectivity index (χ4n) is 1.95. The Bertz CT molecular complexity index is 401. The molecule has 0 bridgehead atoms. The van der Waals surface area contributed by atoms with Gasteiger partial charge in [0.2, 0.25) is 0 Å². The van der Waals surface area contributed by atoms with Crippen LogP contribution in [0.25, 0.3) is 0 Å². The van der Waals surface area contributed by atoms with E-state index in [1.54, 1.807) is 27.4 Å². The molecule has 0 spiro atoms. The topological polar surface area (TPSA) is 48.0 Å². The van der Waals surface area contributed by atoms with E-state index in [2.05, 4.69) is 4.90 Å². The minimum absolute atomic E-state index is 0.652. The van der Waals surface area contributed by atoms with E-state index in [4.69, 9.17) is 14.2 Å². The minimum atomic E-state index is 0.652. The Morgan fingerprint density at radius 1 is 1.10 bits per heavy atom. The van der Waals surface area contributed by atoms with Gasteiger partial charge in [-0.15, -0.1) is 0 Å². The number of ether oxygens (including phenoxy) is 3. The number of rotatable bonds is 10. The molecule has 5 nitrogen and oxygen atoms in total. The van der Waals surface area contributed by atoms with Gasteiger partial charge in [-0.3, -0.25) is 9.69 Å². The van der Waals surface area contributed by atoms with Crippen molar-refractivity contribution in [2.24, 2.45) is 0 Å². The smallest absolute Gasteiger partial charge is 0.150 e. The van der Waals surface area contributed by atoms with Crippen molar-refractivity contribution >= 4 is 6.29 Å². The quantitative estimate of drug-likeness (QED) is 0.610. The van der Waals surface area contributed by atoms with Crippen molar-refractivity contribution in [3.63, 3.8) is 0 Å². The lowest BCUT2D eigenvalue weighted by Gasteiger charge is -2.22. The van der Waals surface area contributed by atoms with E-state index in [-0.39, 0.29) is 0 Å². The summed E-state index contributed by atoms with van der Waals surface area (Å²) in [5.74, 6) is 0.787. The van der Waals surface area contributed by atoms with E-state index in [9.17, 15) is 4.79 Å². The second-order valence-electron chi connectivity index (χ2n) is 4.45. The highest BCUT2D eigenvalue weighted by Crippen LogP contribution is 2.21. The highest BCUT2D eigenvalue weighted by molar-refractivity contribution is 5.75. The van der Waals surface area contributed by atoms with Crippen molar-refractivity contribution in [3.05, 3.63) is 29.3 Å². The molecule has 1 aromatic carbocycles. The number of methoxy groups -OCH3 is 3. The van der Waals surface area contributed by atoms with E-state index in [0.29, 0.717) is 25.3 Å². The van der Waals surface area contributed by atoms with Crippen LogP contribution < -0.4 is 4.74 Å². The summed E-state index contributed by atoms with van der Waals surface area (Å²) in [6.07, 6.45) is 0.845. The Morgan fingerprint density at radius 2 is 1.75 bits per heavy atom. The maximum Gasteiger partial charge on any atom is 0.150 e. The van der Waals surface area contributed by atoms with Gasteiger partial charge < -0.3 is 14.2 Å². The molecular weight excluding hydrogens is 258 g/mol. The molecule has 0 amide bonds. The summed E-state index contributed by atoms with van der Waals surface area (Å²) in [6.45, 7) is 3.60. The first-order chi connectivity index (χ1) is 9.74. The fourth-order valence-corrected chi connectivity index (χ4v) is 1.95. The largest absolute Gasteiger partial charge is 0.496 e. The molecule has 0 aliphatic carbocycles. The predicted octanol–water partition coefficient (Wildman–Crippen LogP) is 1.60. The first-order valence-corrected chi connectivity index (χ1v) is 6.57. The van der Waals surface area contributed by atoms with Crippen LogP contribution in [0.1, 0.15) is 15.9 Å². The number of hydrogen-bond donors (Lipinski definition) is 0. The lowest BCUT2D eigenvalue weighted by molar-refractivity contribution is 0.109. The third-order valence-electron chi connectivity index (χ3n) is 3.06. The van der Waals surface area contributed by atoms with Gasteiger partial charge in [0.25, 0.3) is 0 Å². The molecule has 0 heterocycles. The zero-order chi connectivity index (χ0) is 14.8. The van der Waals surface area contributed by atoms with E-state index in [1.807, 2.05) is 12.1 Å². The Balaban J connectivity index is 2.81. The summed E-state index contributed by atoms with van der Waals surface area (Å²) >= 11 is 0. The molecule has 0 radical (unpaired) electrons. The summed E-state index contributed by atoms with van der Waals surface area (Å²) in [5.41, 5.74) is 1.64. The third-order valence-corrected chi connectivity index (χ3v) is 3.06. The summed E-state index contributed by atoms with van der Waals surface area (Å²) in [6, 6.07) is 5.44. The van der Waals surface area contributed by atoms with Crippen molar-refractivity contribution in [3.8, 4) is 5.75 Å². The van der Waals surface area contributed by atoms with Crippen LogP contribution >= 0.6 is 0 Å². The molecule has 0 aliphatic rings. The van der Waals surface area contributed by atoms with Crippen LogP contribution in [0.15, 0.2) is 18.2 Å². The minimum Gasteiger partial charge on any atom is -0.496 e. The van der Waals surface area contributed by atoms with Crippen LogP contribution in [0.4, 0.5) is 0 Å². The Kier molecular flexibility index (Phi) is 7.87. The number of carbonyl (C=O) groups excluding carboxylic acids is 1. The molecule has 0 unspecified atom stereocenters. The SMILES string of the molecule is COCCN(CCOC)Cc1cc(C=O)ccc1OC. The van der Waals surface area contributed by atoms with Crippen LogP contribution in [-0.4, -0.2) is 58.8 Å². The third kappa shape index (κ3) is 5.28. The van der Waals surface area contributed by atoms with Crippen molar-refractivity contribution < 1.29 is 19.0 Å². The van der Waals surface area contributed by atoms with Gasteiger partial charge in [-0.2, -0.15) is 0 Å². The van der Waals surface area contributed by atoms with E-state index < -0.39 is 0 Å². The molecule has 0 saturated heterocycles. The van der Waals surface area contributed by atoms with E-state index in [1.165, 1.54) is 0 Å². The maximum atomic E-state index is 10.9. The van der Waals surface area contributed by atoms with Gasteiger partial charge in [-0.25, -0.2) is 0 Å². The van der Waals surface area contributed by atoms with Gasteiger partial charge in [-0.05, 0) is 18.2 Å². The molecule has 0 aromatic heterocycles. The van der Waals surface area contributed by atoms with Crippen molar-refractivity contribution in [2.45, 2.75) is 6.54 Å². The van der Waals surface area contributed by atoms with Crippen molar-refractivity contribution in [1.29, 1.82) is 0 Å². The summed E-state index contributed by atoms with van der Waals surface area (Å²) in [7, 11) is 5.00. The molecule has 20 heavy (non-hydrogen) atoms. The van der Waals surface area contributed by atoms with Crippen molar-refractivity contribution in [1.82, 2.24) is 4.90 Å². The molecule has 112 valence electrons. The lowest BCUT2D eigenvalue weighted by Crippen LogP contribution is -2.30. The Morgan fingerprint density at radius 3 is 2.25 bits per heavy atom. The molecule has 0 N–H and O–H groups in total. The average molecular weight is 281 g/mol. The molecular formula is C15H23NO4. The molecule has 0 atom stereocenters. The molecule has 0 saturated carbocycles. The molecule has 1 aromatic rings. The van der Waals surface area contributed by atoms with Crippen LogP contribution in [-0.2, 0) is 16.0 Å². The van der Waals surface area contributed by atoms with Gasteiger partial charge in [0.1, 0.15) is 12.0 Å². The van der Waals surface area contributed by atoms with Gasteiger partial charge in [0.15, 0.2) is 0 Å². The summed E-state index contributed by atoms with van der Waals surface area (Å²) < 4.78 is 15.6. The van der Waals surface area contributed by atoms with Crippen LogP contribution in [0.3, 0.4) is 0 Å². The standard InChI is InChI=1S/C15H23NO4/c1-18-8-6-16(7-9-19-2)11-14-10-13(12-17)4-5-15(14)20-3/h4-5,10,12H,6-9,11H2,1-3H3. The fraction of sp³-hybridized carbons (Fsp3) is 0.533. The second-order valence-corrected chi connectivity index (χ2v) is 4.45. The number of hydrogen-bond acceptors (Lipinski definition) is 5. The summed E-state index contributed by atoms with van der Waals surface area (Å²) in [4.78, 5) is 13.1. The molecule has 5 heteroatoms. The first-order valence-electron chi connectivity index (χ1n) is 6.57. The van der Waals surface area contributed by atoms with Gasteiger partial charge >= 0.3 is 0 Å². The van der Waals surface area contributed by atoms with E-state index in [0.717, 1.165) is 30.7 Å². The van der Waals surface area contributed by atoms with Crippen molar-refractivity contribution in [2.75, 3.05) is 47.6 Å². The van der Waals surface area contributed by atoms with Gasteiger partial charge in [0.05, 0.1) is 20.3 Å². The van der Waals surface area contributed by atoms with Crippen LogP contribution in [0.5, 0.6) is 5.75 Å². The molecule has 0 aliphatic heterocycles. The highest BCUT2D eigenvalue weighted by Gasteiger charge is 2.10. The number of carbonyl (C=O) groups is 1.